The maximum absolute atomic E-state index is 12.9. The van der Waals surface area contributed by atoms with Gasteiger partial charge in [-0.2, -0.15) is 0 Å². The summed E-state index contributed by atoms with van der Waals surface area (Å²) in [7, 11) is 0. The van der Waals surface area contributed by atoms with Gasteiger partial charge in [-0.05, 0) is 26.2 Å². The summed E-state index contributed by atoms with van der Waals surface area (Å²) >= 11 is 0. The molecule has 0 amide bonds. The number of benzene rings is 1. The number of esters is 1. The van der Waals surface area contributed by atoms with Crippen LogP contribution in [0.4, 0.5) is 5.69 Å². The van der Waals surface area contributed by atoms with E-state index >= 15 is 0 Å². The minimum Gasteiger partial charge on any atom is -0.462 e. The first kappa shape index (κ1) is 19.8. The molecule has 0 aromatic heterocycles. The third kappa shape index (κ3) is 3.69. The fraction of sp³-hybridized carbons (Fsp3) is 0.429. The molecule has 3 rings (SSSR count). The Balaban J connectivity index is 2.14. The van der Waals surface area contributed by atoms with Crippen molar-refractivity contribution in [2.24, 2.45) is 0 Å². The van der Waals surface area contributed by atoms with Crippen LogP contribution in [0.3, 0.4) is 0 Å². The monoisotopic (exact) mass is 384 g/mol. The number of unbranched alkanes of at least 4 members (excludes halogenated alkanes) is 1. The second kappa shape index (κ2) is 8.37. The van der Waals surface area contributed by atoms with E-state index in [0.717, 1.165) is 25.0 Å². The Kier molecular flexibility index (Phi) is 5.92. The number of hydrogen-bond donors (Lipinski definition) is 1. The number of hydrogen-bond acceptors (Lipinski definition) is 6. The molecule has 2 aliphatic rings. The molecule has 0 spiro atoms. The van der Waals surface area contributed by atoms with E-state index in [1.807, 2.05) is 6.92 Å². The minimum absolute atomic E-state index is 0.0803. The fourth-order valence-corrected chi connectivity index (χ4v) is 3.85. The van der Waals surface area contributed by atoms with Gasteiger partial charge in [-0.25, -0.2) is 4.79 Å². The summed E-state index contributed by atoms with van der Waals surface area (Å²) in [4.78, 5) is 36.9. The number of rotatable bonds is 6. The van der Waals surface area contributed by atoms with E-state index in [1.165, 1.54) is 6.07 Å². The van der Waals surface area contributed by atoms with Crippen molar-refractivity contribution in [1.82, 2.24) is 5.32 Å². The molecule has 0 bridgehead atoms. The largest absolute Gasteiger partial charge is 0.462 e. The van der Waals surface area contributed by atoms with Crippen LogP contribution in [0.25, 0.3) is 0 Å². The van der Waals surface area contributed by atoms with E-state index in [2.05, 4.69) is 5.32 Å². The molecular formula is C21H24N2O5. The van der Waals surface area contributed by atoms with Crippen molar-refractivity contribution in [2.75, 3.05) is 6.61 Å². The summed E-state index contributed by atoms with van der Waals surface area (Å²) in [6.07, 6.45) is 3.37. The molecule has 1 aliphatic carbocycles. The molecule has 0 saturated carbocycles. The Hall–Kier alpha value is -2.96. The van der Waals surface area contributed by atoms with Crippen molar-refractivity contribution < 1.29 is 19.2 Å². The fourth-order valence-electron chi connectivity index (χ4n) is 3.85. The van der Waals surface area contributed by atoms with Crippen LogP contribution in [-0.2, 0) is 14.3 Å². The van der Waals surface area contributed by atoms with E-state index in [-0.39, 0.29) is 23.7 Å². The summed E-state index contributed by atoms with van der Waals surface area (Å²) in [5.41, 5.74) is 2.30. The quantitative estimate of drug-likeness (QED) is 0.346. The number of ether oxygens (including phenoxy) is 1. The molecule has 1 aromatic rings. The molecule has 7 nitrogen and oxygen atoms in total. The van der Waals surface area contributed by atoms with Gasteiger partial charge in [0.25, 0.3) is 5.69 Å². The third-order valence-corrected chi connectivity index (χ3v) is 5.17. The van der Waals surface area contributed by atoms with E-state index < -0.39 is 16.8 Å². The standard InChI is InChI=1S/C21H24N2O5/c1-3-4-12-28-21(25)18-13(2)22-15-9-7-11-17(24)20(15)19(18)14-8-5-6-10-16(14)23(26)27/h5-6,8,10,19,22H,3-4,7,9,11-12H2,1-2H3/t19-/m0/s1. The number of nitrogens with zero attached hydrogens (tertiary/aromatic N) is 1. The Labute approximate surface area is 163 Å². The van der Waals surface area contributed by atoms with Crippen molar-refractivity contribution in [1.29, 1.82) is 0 Å². The van der Waals surface area contributed by atoms with Crippen LogP contribution in [0.15, 0.2) is 46.8 Å². The topological polar surface area (TPSA) is 98.5 Å². The average molecular weight is 384 g/mol. The summed E-state index contributed by atoms with van der Waals surface area (Å²) in [6.45, 7) is 4.02. The first-order chi connectivity index (χ1) is 13.5. The highest BCUT2D eigenvalue weighted by Gasteiger charge is 2.41. The number of para-hydroxylation sites is 1. The molecule has 28 heavy (non-hydrogen) atoms. The predicted molar refractivity (Wildman–Crippen MR) is 103 cm³/mol. The molecule has 0 radical (unpaired) electrons. The highest BCUT2D eigenvalue weighted by molar-refractivity contribution is 6.04. The molecule has 0 unspecified atom stereocenters. The lowest BCUT2D eigenvalue weighted by Crippen LogP contribution is -2.34. The van der Waals surface area contributed by atoms with E-state index in [9.17, 15) is 19.7 Å². The van der Waals surface area contributed by atoms with Crippen LogP contribution in [0.2, 0.25) is 0 Å². The molecule has 1 aromatic carbocycles. The van der Waals surface area contributed by atoms with Crippen LogP contribution in [0.1, 0.15) is 57.4 Å². The second-order valence-corrected chi connectivity index (χ2v) is 7.07. The van der Waals surface area contributed by atoms with Gasteiger partial charge < -0.3 is 10.1 Å². The Morgan fingerprint density at radius 3 is 2.79 bits per heavy atom. The summed E-state index contributed by atoms with van der Waals surface area (Å²) < 4.78 is 5.42. The van der Waals surface area contributed by atoms with Crippen molar-refractivity contribution in [3.05, 3.63) is 62.5 Å². The zero-order valence-corrected chi connectivity index (χ0v) is 16.1. The number of carbonyl (C=O) groups is 2. The number of nitro groups is 1. The van der Waals surface area contributed by atoms with Gasteiger partial charge in [0.05, 0.1) is 23.0 Å². The number of allylic oxidation sites excluding steroid dienone is 3. The molecule has 1 heterocycles. The smallest absolute Gasteiger partial charge is 0.336 e. The lowest BCUT2D eigenvalue weighted by atomic mass is 9.75. The number of Topliss-reactive ketones (excluding diaryl/α,β-unsaturated/α-hetero) is 1. The van der Waals surface area contributed by atoms with Gasteiger partial charge in [-0.15, -0.1) is 0 Å². The molecule has 0 fully saturated rings. The summed E-state index contributed by atoms with van der Waals surface area (Å²) in [6, 6.07) is 6.29. The zero-order valence-electron chi connectivity index (χ0n) is 16.1. The van der Waals surface area contributed by atoms with Crippen molar-refractivity contribution >= 4 is 17.4 Å². The van der Waals surface area contributed by atoms with Crippen molar-refractivity contribution in [3.8, 4) is 0 Å². The summed E-state index contributed by atoms with van der Waals surface area (Å²) in [5.74, 6) is -1.41. The molecular weight excluding hydrogens is 360 g/mol. The first-order valence-electron chi connectivity index (χ1n) is 9.60. The number of ketones is 1. The maximum atomic E-state index is 12.9. The molecule has 1 aliphatic heterocycles. The predicted octanol–water partition coefficient (Wildman–Crippen LogP) is 3.91. The average Bonchev–Trinajstić information content (AvgIpc) is 2.67. The van der Waals surface area contributed by atoms with Gasteiger partial charge in [-0.3, -0.25) is 14.9 Å². The molecule has 1 atom stereocenters. The van der Waals surface area contributed by atoms with Crippen LogP contribution in [0, 0.1) is 10.1 Å². The van der Waals surface area contributed by atoms with Crippen LogP contribution in [-0.4, -0.2) is 23.3 Å². The van der Waals surface area contributed by atoms with Gasteiger partial charge in [-0.1, -0.05) is 31.5 Å². The number of nitrogens with one attached hydrogen (secondary N) is 1. The zero-order chi connectivity index (χ0) is 20.3. The number of nitro benzene ring substituents is 1. The molecule has 148 valence electrons. The highest BCUT2D eigenvalue weighted by atomic mass is 16.6. The van der Waals surface area contributed by atoms with E-state index in [0.29, 0.717) is 29.7 Å². The number of carbonyl (C=O) groups excluding carboxylic acids is 2. The molecule has 7 heteroatoms. The second-order valence-electron chi connectivity index (χ2n) is 7.07. The Morgan fingerprint density at radius 1 is 1.32 bits per heavy atom. The SMILES string of the molecule is CCCCOC(=O)C1=C(C)NC2=C(C(=O)CCC2)[C@H]1c1ccccc1[N+](=O)[O-]. The van der Waals surface area contributed by atoms with E-state index in [1.54, 1.807) is 25.1 Å². The first-order valence-corrected chi connectivity index (χ1v) is 9.60. The minimum atomic E-state index is -0.792. The van der Waals surface area contributed by atoms with Gasteiger partial charge in [0.2, 0.25) is 0 Å². The normalized spacial score (nSPS) is 19.2. The van der Waals surface area contributed by atoms with Crippen LogP contribution in [0.5, 0.6) is 0 Å². The van der Waals surface area contributed by atoms with Crippen LogP contribution < -0.4 is 5.32 Å². The maximum Gasteiger partial charge on any atom is 0.336 e. The lowest BCUT2D eigenvalue weighted by Gasteiger charge is -2.33. The van der Waals surface area contributed by atoms with Gasteiger partial charge in [0.15, 0.2) is 5.78 Å². The van der Waals surface area contributed by atoms with Gasteiger partial charge in [0.1, 0.15) is 0 Å². The van der Waals surface area contributed by atoms with Gasteiger partial charge in [0, 0.05) is 35.0 Å². The lowest BCUT2D eigenvalue weighted by molar-refractivity contribution is -0.385. The van der Waals surface area contributed by atoms with Crippen molar-refractivity contribution in [2.45, 2.75) is 51.9 Å². The van der Waals surface area contributed by atoms with E-state index in [4.69, 9.17) is 4.74 Å². The van der Waals surface area contributed by atoms with Gasteiger partial charge >= 0.3 is 5.97 Å². The molecule has 1 N–H and O–H groups in total. The number of dihydropyridines is 1. The van der Waals surface area contributed by atoms with Crippen molar-refractivity contribution in [3.63, 3.8) is 0 Å². The Bertz CT molecular complexity index is 885. The summed E-state index contributed by atoms with van der Waals surface area (Å²) in [5, 5.41) is 14.8. The van der Waals surface area contributed by atoms with Crippen LogP contribution >= 0.6 is 0 Å². The highest BCUT2D eigenvalue weighted by Crippen LogP contribution is 2.45. The molecule has 0 saturated heterocycles. The Morgan fingerprint density at radius 2 is 2.07 bits per heavy atom. The third-order valence-electron chi connectivity index (χ3n) is 5.17.